The molecule has 1 unspecified atom stereocenters. The third kappa shape index (κ3) is 5.91. The third-order valence-electron chi connectivity index (χ3n) is 3.63. The quantitative estimate of drug-likeness (QED) is 0.399. The second-order valence-corrected chi connectivity index (χ2v) is 5.99. The van der Waals surface area contributed by atoms with Gasteiger partial charge in [-0.2, -0.15) is 4.98 Å². The number of likely N-dealkylation sites (tertiary alicyclic amines) is 1. The largest absolute Gasteiger partial charge is 0.357 e. The lowest BCUT2D eigenvalue weighted by Gasteiger charge is -2.20. The molecule has 1 aliphatic rings. The molecule has 0 spiro atoms. The van der Waals surface area contributed by atoms with Crippen LogP contribution in [0.2, 0.25) is 0 Å². The Morgan fingerprint density at radius 3 is 2.83 bits per heavy atom. The average molecular weight is 450 g/mol. The molecule has 1 fully saturated rings. The van der Waals surface area contributed by atoms with E-state index in [0.29, 0.717) is 30.8 Å². The predicted octanol–water partition coefficient (Wildman–Crippen LogP) is 1.31. The molecule has 1 saturated heterocycles. The molecular weight excluding hydrogens is 423 g/mol. The first-order valence-electron chi connectivity index (χ1n) is 8.12. The van der Waals surface area contributed by atoms with Crippen LogP contribution in [-0.4, -0.2) is 52.6 Å². The van der Waals surface area contributed by atoms with E-state index in [0.717, 1.165) is 19.5 Å². The molecule has 1 atom stereocenters. The van der Waals surface area contributed by atoms with Crippen LogP contribution >= 0.6 is 24.0 Å². The molecule has 0 aliphatic carbocycles. The molecule has 0 bridgehead atoms. The molecule has 8 nitrogen and oxygen atoms in total. The Hall–Kier alpha value is -1.39. The van der Waals surface area contributed by atoms with Gasteiger partial charge in [0.25, 0.3) is 0 Å². The molecule has 1 aliphatic heterocycles. The number of carbonyl (C=O) groups excluding carboxylic acids is 1. The van der Waals surface area contributed by atoms with Crippen LogP contribution in [0.4, 0.5) is 0 Å². The van der Waals surface area contributed by atoms with Gasteiger partial charge in [0, 0.05) is 38.5 Å². The van der Waals surface area contributed by atoms with Crippen LogP contribution in [0.25, 0.3) is 0 Å². The minimum Gasteiger partial charge on any atom is -0.357 e. The summed E-state index contributed by atoms with van der Waals surface area (Å²) >= 11 is 0. The summed E-state index contributed by atoms with van der Waals surface area (Å²) in [4.78, 5) is 22.6. The van der Waals surface area contributed by atoms with Crippen molar-refractivity contribution >= 4 is 35.8 Å². The Morgan fingerprint density at radius 2 is 2.25 bits per heavy atom. The van der Waals surface area contributed by atoms with E-state index in [4.69, 9.17) is 4.52 Å². The van der Waals surface area contributed by atoms with Crippen LogP contribution in [0.1, 0.15) is 38.9 Å². The fourth-order valence-electron chi connectivity index (χ4n) is 2.51. The van der Waals surface area contributed by atoms with Gasteiger partial charge in [-0.25, -0.2) is 4.99 Å². The normalized spacial score (nSPS) is 17.8. The second kappa shape index (κ2) is 9.80. The monoisotopic (exact) mass is 450 g/mol. The molecule has 0 aromatic carbocycles. The zero-order valence-electron chi connectivity index (χ0n) is 14.7. The summed E-state index contributed by atoms with van der Waals surface area (Å²) in [5.41, 5.74) is 0. The molecule has 2 N–H and O–H groups in total. The Labute approximate surface area is 159 Å². The smallest absolute Gasteiger partial charge is 0.225 e. The Kier molecular flexibility index (Phi) is 8.43. The standard InChI is InChI=1S/C15H26N6O2.HI/c1-5-16-15(17-8-13-18-11(4)23-20-13)19-12-6-7-21(9-12)14(22)10(2)3;/h10,12H,5-9H2,1-4H3,(H2,16,17,19);1H. The van der Waals surface area contributed by atoms with Crippen LogP contribution in [0, 0.1) is 12.8 Å². The molecule has 2 rings (SSSR count). The zero-order valence-corrected chi connectivity index (χ0v) is 17.0. The van der Waals surface area contributed by atoms with Gasteiger partial charge in [0.15, 0.2) is 11.8 Å². The van der Waals surface area contributed by atoms with Crippen molar-refractivity contribution in [2.75, 3.05) is 19.6 Å². The summed E-state index contributed by atoms with van der Waals surface area (Å²) in [5.74, 6) is 2.05. The van der Waals surface area contributed by atoms with E-state index < -0.39 is 0 Å². The highest BCUT2D eigenvalue weighted by atomic mass is 127. The molecule has 0 saturated carbocycles. The van der Waals surface area contributed by atoms with Gasteiger partial charge in [-0.3, -0.25) is 4.79 Å². The molecule has 9 heteroatoms. The first-order chi connectivity index (χ1) is 11.0. The lowest BCUT2D eigenvalue weighted by atomic mass is 10.2. The van der Waals surface area contributed by atoms with Crippen LogP contribution < -0.4 is 10.6 Å². The summed E-state index contributed by atoms with van der Waals surface area (Å²) in [7, 11) is 0. The van der Waals surface area contributed by atoms with Gasteiger partial charge in [-0.1, -0.05) is 19.0 Å². The fourth-order valence-corrected chi connectivity index (χ4v) is 2.51. The maximum absolute atomic E-state index is 12.0. The van der Waals surface area contributed by atoms with Gasteiger partial charge in [0.2, 0.25) is 11.8 Å². The molecule has 24 heavy (non-hydrogen) atoms. The number of aryl methyl sites for hydroxylation is 1. The number of rotatable bonds is 5. The maximum atomic E-state index is 12.0. The van der Waals surface area contributed by atoms with Crippen molar-refractivity contribution in [3.8, 4) is 0 Å². The molecule has 1 amide bonds. The summed E-state index contributed by atoms with van der Waals surface area (Å²) in [6.45, 7) is 10.2. The summed E-state index contributed by atoms with van der Waals surface area (Å²) < 4.78 is 4.94. The van der Waals surface area contributed by atoms with E-state index in [9.17, 15) is 4.79 Å². The molecule has 136 valence electrons. The van der Waals surface area contributed by atoms with Crippen LogP contribution in [0.15, 0.2) is 9.52 Å². The molecule has 2 heterocycles. The number of aliphatic imine (C=N–C) groups is 1. The number of carbonyl (C=O) groups is 1. The van der Waals surface area contributed by atoms with Crippen LogP contribution in [0.3, 0.4) is 0 Å². The van der Waals surface area contributed by atoms with Crippen molar-refractivity contribution < 1.29 is 9.32 Å². The van der Waals surface area contributed by atoms with E-state index in [1.807, 2.05) is 25.7 Å². The molecule has 0 radical (unpaired) electrons. The fraction of sp³-hybridized carbons (Fsp3) is 0.733. The number of hydrogen-bond acceptors (Lipinski definition) is 5. The highest BCUT2D eigenvalue weighted by molar-refractivity contribution is 14.0. The minimum atomic E-state index is 0. The number of nitrogens with zero attached hydrogens (tertiary/aromatic N) is 4. The first kappa shape index (κ1) is 20.7. The first-order valence-corrected chi connectivity index (χ1v) is 8.12. The summed E-state index contributed by atoms with van der Waals surface area (Å²) in [5, 5.41) is 10.4. The van der Waals surface area contributed by atoms with Gasteiger partial charge in [0.05, 0.1) is 0 Å². The molecule has 1 aromatic rings. The van der Waals surface area contributed by atoms with Crippen molar-refractivity contribution in [3.63, 3.8) is 0 Å². The SMILES string of the molecule is CCNC(=NCc1noc(C)n1)NC1CCN(C(=O)C(C)C)C1.I. The average Bonchev–Trinajstić information content (AvgIpc) is 3.13. The van der Waals surface area contributed by atoms with Crippen LogP contribution in [-0.2, 0) is 11.3 Å². The van der Waals surface area contributed by atoms with E-state index in [2.05, 4.69) is 25.8 Å². The highest BCUT2D eigenvalue weighted by Gasteiger charge is 2.27. The van der Waals surface area contributed by atoms with E-state index in [-0.39, 0.29) is 41.8 Å². The molecule has 1 aromatic heterocycles. The zero-order chi connectivity index (χ0) is 16.8. The van der Waals surface area contributed by atoms with Crippen LogP contribution in [0.5, 0.6) is 0 Å². The lowest BCUT2D eigenvalue weighted by Crippen LogP contribution is -2.45. The van der Waals surface area contributed by atoms with Gasteiger partial charge < -0.3 is 20.1 Å². The summed E-state index contributed by atoms with van der Waals surface area (Å²) in [6.07, 6.45) is 0.921. The van der Waals surface area contributed by atoms with Crippen molar-refractivity contribution in [1.82, 2.24) is 25.7 Å². The Balaban J connectivity index is 0.00000288. The van der Waals surface area contributed by atoms with Gasteiger partial charge >= 0.3 is 0 Å². The van der Waals surface area contributed by atoms with Crippen molar-refractivity contribution in [2.45, 2.75) is 46.7 Å². The Morgan fingerprint density at radius 1 is 1.50 bits per heavy atom. The van der Waals surface area contributed by atoms with Crippen molar-refractivity contribution in [3.05, 3.63) is 11.7 Å². The van der Waals surface area contributed by atoms with Gasteiger partial charge in [-0.05, 0) is 13.3 Å². The van der Waals surface area contributed by atoms with E-state index >= 15 is 0 Å². The number of guanidine groups is 1. The number of nitrogens with one attached hydrogen (secondary N) is 2. The van der Waals surface area contributed by atoms with E-state index in [1.54, 1.807) is 6.92 Å². The lowest BCUT2D eigenvalue weighted by molar-refractivity contribution is -0.133. The van der Waals surface area contributed by atoms with E-state index in [1.165, 1.54) is 0 Å². The summed E-state index contributed by atoms with van der Waals surface area (Å²) in [6, 6.07) is 0.211. The third-order valence-corrected chi connectivity index (χ3v) is 3.63. The minimum absolute atomic E-state index is 0. The number of halogens is 1. The number of hydrogen-bond donors (Lipinski definition) is 2. The van der Waals surface area contributed by atoms with Gasteiger partial charge in [-0.15, -0.1) is 24.0 Å². The topological polar surface area (TPSA) is 95.7 Å². The second-order valence-electron chi connectivity index (χ2n) is 5.99. The van der Waals surface area contributed by atoms with Crippen molar-refractivity contribution in [2.24, 2.45) is 10.9 Å². The maximum Gasteiger partial charge on any atom is 0.225 e. The Bertz CT molecular complexity index is 560. The molecular formula is C15H27IN6O2. The number of aromatic nitrogens is 2. The van der Waals surface area contributed by atoms with Gasteiger partial charge in [0.1, 0.15) is 6.54 Å². The van der Waals surface area contributed by atoms with Crippen molar-refractivity contribution in [1.29, 1.82) is 0 Å². The highest BCUT2D eigenvalue weighted by Crippen LogP contribution is 2.12. The predicted molar refractivity (Wildman–Crippen MR) is 102 cm³/mol. The number of amides is 1.